The van der Waals surface area contributed by atoms with E-state index >= 15 is 0 Å². The maximum absolute atomic E-state index is 6.16. The summed E-state index contributed by atoms with van der Waals surface area (Å²) in [6.45, 7) is 4.17. The lowest BCUT2D eigenvalue weighted by Gasteiger charge is -2.11. The molecule has 2 nitrogen and oxygen atoms in total. The van der Waals surface area contributed by atoms with Crippen LogP contribution in [0.4, 0.5) is 0 Å². The molecule has 2 rings (SSSR count). The van der Waals surface area contributed by atoms with Crippen molar-refractivity contribution in [2.45, 2.75) is 19.9 Å². The molecule has 0 bridgehead atoms. The summed E-state index contributed by atoms with van der Waals surface area (Å²) in [7, 11) is 0. The first-order valence-electron chi connectivity index (χ1n) is 5.65. The molecule has 1 heterocycles. The lowest BCUT2D eigenvalue weighted by Crippen LogP contribution is -2.16. The Morgan fingerprint density at radius 1 is 1.28 bits per heavy atom. The SMILES string of the molecule is CC(C)C(N)c1nc(-c2ccc(Cl)cc2Cl)cs1. The molecule has 2 N–H and O–H groups in total. The molecule has 0 amide bonds. The smallest absolute Gasteiger partial charge is 0.110 e. The number of nitrogens with two attached hydrogens (primary N) is 1. The molecule has 1 unspecified atom stereocenters. The van der Waals surface area contributed by atoms with Crippen LogP contribution >= 0.6 is 34.5 Å². The molecule has 0 radical (unpaired) electrons. The second-order valence-corrected chi connectivity index (χ2v) is 6.20. The van der Waals surface area contributed by atoms with Crippen LogP contribution in [0.1, 0.15) is 24.9 Å². The molecule has 1 aromatic heterocycles. The molecule has 0 aliphatic carbocycles. The minimum atomic E-state index is -0.0326. The Morgan fingerprint density at radius 3 is 2.61 bits per heavy atom. The van der Waals surface area contributed by atoms with Gasteiger partial charge in [-0.25, -0.2) is 4.98 Å². The first-order chi connectivity index (χ1) is 8.49. The summed E-state index contributed by atoms with van der Waals surface area (Å²) in [5.41, 5.74) is 7.83. The Labute approximate surface area is 121 Å². The van der Waals surface area contributed by atoms with E-state index in [1.54, 1.807) is 17.4 Å². The van der Waals surface area contributed by atoms with Gasteiger partial charge in [-0.05, 0) is 24.1 Å². The van der Waals surface area contributed by atoms with E-state index in [2.05, 4.69) is 18.8 Å². The van der Waals surface area contributed by atoms with E-state index in [9.17, 15) is 0 Å². The van der Waals surface area contributed by atoms with Crippen LogP contribution in [0.2, 0.25) is 10.0 Å². The molecule has 0 aliphatic rings. The highest BCUT2D eigenvalue weighted by Gasteiger charge is 2.16. The predicted molar refractivity (Wildman–Crippen MR) is 79.3 cm³/mol. The molecule has 5 heteroatoms. The minimum Gasteiger partial charge on any atom is -0.322 e. The van der Waals surface area contributed by atoms with Gasteiger partial charge >= 0.3 is 0 Å². The Morgan fingerprint density at radius 2 is 2.00 bits per heavy atom. The molecule has 0 spiro atoms. The average molecular weight is 301 g/mol. The third kappa shape index (κ3) is 2.86. The Balaban J connectivity index is 2.35. The lowest BCUT2D eigenvalue weighted by molar-refractivity contribution is 0.512. The van der Waals surface area contributed by atoms with Gasteiger partial charge < -0.3 is 5.73 Å². The van der Waals surface area contributed by atoms with Gasteiger partial charge in [-0.3, -0.25) is 0 Å². The number of halogens is 2. The number of rotatable bonds is 3. The molecule has 0 aliphatic heterocycles. The van der Waals surface area contributed by atoms with Crippen molar-refractivity contribution in [1.82, 2.24) is 4.98 Å². The van der Waals surface area contributed by atoms with Gasteiger partial charge in [0.1, 0.15) is 5.01 Å². The summed E-state index contributed by atoms with van der Waals surface area (Å²) in [6, 6.07) is 5.38. The first-order valence-corrected chi connectivity index (χ1v) is 7.29. The standard InChI is InChI=1S/C13H14Cl2N2S/c1-7(2)12(16)13-17-11(6-18-13)9-4-3-8(14)5-10(9)15/h3-7,12H,16H2,1-2H3. The highest BCUT2D eigenvalue weighted by molar-refractivity contribution is 7.10. The number of nitrogens with zero attached hydrogens (tertiary/aromatic N) is 1. The topological polar surface area (TPSA) is 38.9 Å². The number of thiazole rings is 1. The van der Waals surface area contributed by atoms with Crippen molar-refractivity contribution in [1.29, 1.82) is 0 Å². The van der Waals surface area contributed by atoms with Crippen LogP contribution in [-0.4, -0.2) is 4.98 Å². The fraction of sp³-hybridized carbons (Fsp3) is 0.308. The Bertz CT molecular complexity index is 552. The molecule has 2 aromatic rings. The second-order valence-electron chi connectivity index (χ2n) is 4.46. The zero-order chi connectivity index (χ0) is 13.3. The average Bonchev–Trinajstić information content (AvgIpc) is 2.77. The van der Waals surface area contributed by atoms with Gasteiger partial charge in [0.05, 0.1) is 16.8 Å². The molecule has 1 atom stereocenters. The van der Waals surface area contributed by atoms with Gasteiger partial charge in [-0.2, -0.15) is 0 Å². The Kier molecular flexibility index (Phi) is 4.28. The van der Waals surface area contributed by atoms with Crippen molar-refractivity contribution in [2.24, 2.45) is 11.7 Å². The molecule has 0 saturated carbocycles. The minimum absolute atomic E-state index is 0.0326. The van der Waals surface area contributed by atoms with Crippen LogP contribution < -0.4 is 5.73 Å². The molecular weight excluding hydrogens is 287 g/mol. The highest BCUT2D eigenvalue weighted by atomic mass is 35.5. The number of hydrogen-bond acceptors (Lipinski definition) is 3. The molecule has 0 saturated heterocycles. The van der Waals surface area contributed by atoms with Crippen molar-refractivity contribution in [3.63, 3.8) is 0 Å². The predicted octanol–water partition coefficient (Wildman–Crippen LogP) is 4.77. The van der Waals surface area contributed by atoms with Crippen LogP contribution in [-0.2, 0) is 0 Å². The molecule has 0 fully saturated rings. The van der Waals surface area contributed by atoms with E-state index in [1.807, 2.05) is 17.5 Å². The van der Waals surface area contributed by atoms with E-state index in [1.165, 1.54) is 0 Å². The van der Waals surface area contributed by atoms with E-state index in [0.717, 1.165) is 16.3 Å². The fourth-order valence-electron chi connectivity index (χ4n) is 1.55. The van der Waals surface area contributed by atoms with E-state index in [0.29, 0.717) is 16.0 Å². The zero-order valence-electron chi connectivity index (χ0n) is 10.2. The number of hydrogen-bond donors (Lipinski definition) is 1. The Hall–Kier alpha value is -0.610. The third-order valence-electron chi connectivity index (χ3n) is 2.73. The summed E-state index contributed by atoms with van der Waals surface area (Å²) < 4.78 is 0. The van der Waals surface area contributed by atoms with Crippen LogP contribution in [0.5, 0.6) is 0 Å². The van der Waals surface area contributed by atoms with Gasteiger partial charge in [0.15, 0.2) is 0 Å². The quantitative estimate of drug-likeness (QED) is 0.886. The summed E-state index contributed by atoms with van der Waals surface area (Å²) in [5, 5.41) is 4.15. The first kappa shape index (κ1) is 13.8. The summed E-state index contributed by atoms with van der Waals surface area (Å²) in [6.07, 6.45) is 0. The second kappa shape index (κ2) is 5.57. The van der Waals surface area contributed by atoms with E-state index < -0.39 is 0 Å². The monoisotopic (exact) mass is 300 g/mol. The molecule has 96 valence electrons. The largest absolute Gasteiger partial charge is 0.322 e. The number of benzene rings is 1. The molecular formula is C13H14Cl2N2S. The zero-order valence-corrected chi connectivity index (χ0v) is 12.5. The van der Waals surface area contributed by atoms with Crippen LogP contribution in [0.3, 0.4) is 0 Å². The van der Waals surface area contributed by atoms with Gasteiger partial charge in [-0.15, -0.1) is 11.3 Å². The van der Waals surface area contributed by atoms with Gasteiger partial charge in [0.2, 0.25) is 0 Å². The van der Waals surface area contributed by atoms with Crippen LogP contribution in [0.15, 0.2) is 23.6 Å². The normalized spacial score (nSPS) is 13.0. The van der Waals surface area contributed by atoms with Crippen molar-refractivity contribution in [3.05, 3.63) is 38.6 Å². The number of aromatic nitrogens is 1. The molecule has 18 heavy (non-hydrogen) atoms. The van der Waals surface area contributed by atoms with Crippen molar-refractivity contribution in [3.8, 4) is 11.3 Å². The van der Waals surface area contributed by atoms with E-state index in [4.69, 9.17) is 28.9 Å². The van der Waals surface area contributed by atoms with Crippen molar-refractivity contribution in [2.75, 3.05) is 0 Å². The van der Waals surface area contributed by atoms with Crippen molar-refractivity contribution < 1.29 is 0 Å². The van der Waals surface area contributed by atoms with Crippen molar-refractivity contribution >= 4 is 34.5 Å². The third-order valence-corrected chi connectivity index (χ3v) is 4.23. The highest BCUT2D eigenvalue weighted by Crippen LogP contribution is 2.33. The van der Waals surface area contributed by atoms with Gasteiger partial charge in [-0.1, -0.05) is 37.0 Å². The van der Waals surface area contributed by atoms with Crippen LogP contribution in [0, 0.1) is 5.92 Å². The fourth-order valence-corrected chi connectivity index (χ4v) is 3.04. The summed E-state index contributed by atoms with van der Waals surface area (Å²) in [5.74, 6) is 0.365. The lowest BCUT2D eigenvalue weighted by atomic mass is 10.1. The maximum atomic E-state index is 6.16. The van der Waals surface area contributed by atoms with E-state index in [-0.39, 0.29) is 6.04 Å². The summed E-state index contributed by atoms with van der Waals surface area (Å²) >= 11 is 13.6. The maximum Gasteiger partial charge on any atom is 0.110 e. The van der Waals surface area contributed by atoms with Crippen LogP contribution in [0.25, 0.3) is 11.3 Å². The molecule has 1 aromatic carbocycles. The summed E-state index contributed by atoms with van der Waals surface area (Å²) in [4.78, 5) is 4.56. The van der Waals surface area contributed by atoms with Gasteiger partial charge in [0.25, 0.3) is 0 Å². The van der Waals surface area contributed by atoms with Gasteiger partial charge in [0, 0.05) is 16.0 Å².